The van der Waals surface area contributed by atoms with Crippen molar-refractivity contribution in [2.75, 3.05) is 26.2 Å². The normalized spacial score (nSPS) is 20.9. The monoisotopic (exact) mass is 345 g/mol. The fourth-order valence-corrected chi connectivity index (χ4v) is 3.29. The minimum absolute atomic E-state index is 0.0450. The molecule has 0 bridgehead atoms. The Hall–Kier alpha value is -2.37. The van der Waals surface area contributed by atoms with Gasteiger partial charge in [0.2, 0.25) is 0 Å². The van der Waals surface area contributed by atoms with Crippen LogP contribution in [0.5, 0.6) is 0 Å². The van der Waals surface area contributed by atoms with Crippen LogP contribution >= 0.6 is 0 Å². The lowest BCUT2D eigenvalue weighted by Gasteiger charge is -2.26. The Bertz CT molecular complexity index is 645. The summed E-state index contributed by atoms with van der Waals surface area (Å²) in [7, 11) is 0. The van der Waals surface area contributed by atoms with E-state index in [1.807, 2.05) is 0 Å². The molecule has 0 radical (unpaired) electrons. The van der Waals surface area contributed by atoms with Gasteiger partial charge < -0.3 is 15.1 Å². The Morgan fingerprint density at radius 3 is 2.44 bits per heavy atom. The fraction of sp³-hybridized carbons (Fsp3) is 0.474. The van der Waals surface area contributed by atoms with Gasteiger partial charge in [0.25, 0.3) is 5.91 Å². The van der Waals surface area contributed by atoms with Crippen molar-refractivity contribution in [3.8, 4) is 0 Å². The summed E-state index contributed by atoms with van der Waals surface area (Å²) in [5, 5.41) is 3.09. The predicted octanol–water partition coefficient (Wildman–Crippen LogP) is 2.79. The molecular formula is C19H24FN3O2. The highest BCUT2D eigenvalue weighted by Gasteiger charge is 2.24. The average Bonchev–Trinajstić information content (AvgIpc) is 2.89. The maximum Gasteiger partial charge on any atom is 0.317 e. The molecule has 5 nitrogen and oxygen atoms in total. The molecule has 134 valence electrons. The Morgan fingerprint density at radius 1 is 1.00 bits per heavy atom. The third kappa shape index (κ3) is 4.59. The molecular weight excluding hydrogens is 321 g/mol. The van der Waals surface area contributed by atoms with Gasteiger partial charge in [-0.3, -0.25) is 4.79 Å². The van der Waals surface area contributed by atoms with Gasteiger partial charge in [-0.25, -0.2) is 9.18 Å². The Balaban J connectivity index is 1.54. The quantitative estimate of drug-likeness (QED) is 0.838. The van der Waals surface area contributed by atoms with Crippen LogP contribution in [0.2, 0.25) is 0 Å². The lowest BCUT2D eigenvalue weighted by atomic mass is 10.0. The largest absolute Gasteiger partial charge is 0.337 e. The zero-order valence-electron chi connectivity index (χ0n) is 14.3. The second-order valence-corrected chi connectivity index (χ2v) is 6.57. The van der Waals surface area contributed by atoms with Crippen LogP contribution in [0.1, 0.15) is 36.0 Å². The van der Waals surface area contributed by atoms with Gasteiger partial charge in [-0.05, 0) is 49.9 Å². The maximum absolute atomic E-state index is 13.0. The maximum atomic E-state index is 13.0. The van der Waals surface area contributed by atoms with Crippen LogP contribution in [0.15, 0.2) is 36.4 Å². The molecule has 2 aliphatic rings. The standard InChI is InChI=1S/C19H24FN3O2/c20-16-9-7-15(8-10-16)18(24)22-11-4-12-23(14-13-22)19(25)21-17-5-2-1-3-6-17/h1-2,7-10,17H,3-6,11-14H2,(H,21,25). The summed E-state index contributed by atoms with van der Waals surface area (Å²) in [6.45, 7) is 2.25. The van der Waals surface area contributed by atoms with Crippen LogP contribution in [-0.2, 0) is 0 Å². The first-order valence-corrected chi connectivity index (χ1v) is 8.89. The first-order valence-electron chi connectivity index (χ1n) is 8.89. The van der Waals surface area contributed by atoms with Gasteiger partial charge in [-0.1, -0.05) is 12.2 Å². The molecule has 1 aliphatic heterocycles. The summed E-state index contributed by atoms with van der Waals surface area (Å²) in [5.74, 6) is -0.465. The lowest BCUT2D eigenvalue weighted by molar-refractivity contribution is 0.0762. The van der Waals surface area contributed by atoms with Gasteiger partial charge in [0, 0.05) is 37.8 Å². The van der Waals surface area contributed by atoms with E-state index in [4.69, 9.17) is 0 Å². The van der Waals surface area contributed by atoms with E-state index in [0.29, 0.717) is 31.7 Å². The van der Waals surface area contributed by atoms with E-state index in [1.54, 1.807) is 9.80 Å². The van der Waals surface area contributed by atoms with E-state index in [-0.39, 0.29) is 23.8 Å². The van der Waals surface area contributed by atoms with Gasteiger partial charge in [0.15, 0.2) is 0 Å². The fourth-order valence-electron chi connectivity index (χ4n) is 3.29. The van der Waals surface area contributed by atoms with Crippen molar-refractivity contribution in [3.63, 3.8) is 0 Å². The molecule has 1 unspecified atom stereocenters. The zero-order chi connectivity index (χ0) is 17.6. The topological polar surface area (TPSA) is 52.7 Å². The van der Waals surface area contributed by atoms with Crippen LogP contribution in [0.25, 0.3) is 0 Å². The minimum atomic E-state index is -0.354. The molecule has 6 heteroatoms. The van der Waals surface area contributed by atoms with Crippen LogP contribution in [0, 0.1) is 5.82 Å². The van der Waals surface area contributed by atoms with Crippen LogP contribution in [0.4, 0.5) is 9.18 Å². The molecule has 1 saturated heterocycles. The molecule has 1 heterocycles. The number of allylic oxidation sites excluding steroid dienone is 1. The smallest absolute Gasteiger partial charge is 0.317 e. The number of benzene rings is 1. The molecule has 1 N–H and O–H groups in total. The average molecular weight is 345 g/mol. The lowest BCUT2D eigenvalue weighted by Crippen LogP contribution is -2.46. The van der Waals surface area contributed by atoms with Crippen LogP contribution in [0.3, 0.4) is 0 Å². The van der Waals surface area contributed by atoms with Crippen LogP contribution < -0.4 is 5.32 Å². The third-order valence-corrected chi connectivity index (χ3v) is 4.76. The second kappa shape index (κ2) is 8.14. The van der Waals surface area contributed by atoms with Crippen molar-refractivity contribution in [2.45, 2.75) is 31.7 Å². The van der Waals surface area contributed by atoms with Crippen molar-refractivity contribution in [1.29, 1.82) is 0 Å². The molecule has 1 aromatic carbocycles. The molecule has 1 aromatic rings. The molecule has 1 atom stereocenters. The summed E-state index contributed by atoms with van der Waals surface area (Å²) >= 11 is 0. The number of amides is 3. The summed E-state index contributed by atoms with van der Waals surface area (Å²) in [6, 6.07) is 5.76. The van der Waals surface area contributed by atoms with Crippen LogP contribution in [-0.4, -0.2) is 54.0 Å². The molecule has 3 amide bonds. The SMILES string of the molecule is O=C(NC1CC=CCC1)N1CCCN(C(=O)c2ccc(F)cc2)CC1. The molecule has 1 fully saturated rings. The predicted molar refractivity (Wildman–Crippen MR) is 93.8 cm³/mol. The molecule has 3 rings (SSSR count). The molecule has 0 spiro atoms. The number of hydrogen-bond donors (Lipinski definition) is 1. The number of carbonyl (C=O) groups excluding carboxylic acids is 2. The zero-order valence-corrected chi connectivity index (χ0v) is 14.3. The van der Waals surface area contributed by atoms with Gasteiger partial charge >= 0.3 is 6.03 Å². The van der Waals surface area contributed by atoms with Crippen molar-refractivity contribution in [3.05, 3.63) is 47.8 Å². The van der Waals surface area contributed by atoms with Crippen molar-refractivity contribution >= 4 is 11.9 Å². The van der Waals surface area contributed by atoms with E-state index in [1.165, 1.54) is 24.3 Å². The summed E-state index contributed by atoms with van der Waals surface area (Å²) < 4.78 is 13.0. The Morgan fingerprint density at radius 2 is 1.72 bits per heavy atom. The highest BCUT2D eigenvalue weighted by atomic mass is 19.1. The number of halogens is 1. The van der Waals surface area contributed by atoms with E-state index in [9.17, 15) is 14.0 Å². The van der Waals surface area contributed by atoms with E-state index >= 15 is 0 Å². The summed E-state index contributed by atoms with van der Waals surface area (Å²) in [6.07, 6.45) is 7.86. The molecule has 25 heavy (non-hydrogen) atoms. The number of urea groups is 1. The van der Waals surface area contributed by atoms with E-state index in [0.717, 1.165) is 25.7 Å². The summed E-state index contributed by atoms with van der Waals surface area (Å²) in [4.78, 5) is 28.5. The first-order chi connectivity index (χ1) is 12.1. The van der Waals surface area contributed by atoms with Gasteiger partial charge in [-0.2, -0.15) is 0 Å². The van der Waals surface area contributed by atoms with Crippen molar-refractivity contribution in [2.24, 2.45) is 0 Å². The summed E-state index contributed by atoms with van der Waals surface area (Å²) in [5.41, 5.74) is 0.480. The number of carbonyl (C=O) groups is 2. The number of hydrogen-bond acceptors (Lipinski definition) is 2. The number of nitrogens with one attached hydrogen (secondary N) is 1. The Kier molecular flexibility index (Phi) is 5.68. The third-order valence-electron chi connectivity index (χ3n) is 4.76. The first kappa shape index (κ1) is 17.5. The van der Waals surface area contributed by atoms with Gasteiger partial charge in [-0.15, -0.1) is 0 Å². The molecule has 0 aromatic heterocycles. The molecule has 1 aliphatic carbocycles. The number of rotatable bonds is 2. The van der Waals surface area contributed by atoms with E-state index in [2.05, 4.69) is 17.5 Å². The molecule has 0 saturated carbocycles. The second-order valence-electron chi connectivity index (χ2n) is 6.57. The highest BCUT2D eigenvalue weighted by molar-refractivity contribution is 5.94. The van der Waals surface area contributed by atoms with Gasteiger partial charge in [0.05, 0.1) is 0 Å². The number of nitrogens with zero attached hydrogens (tertiary/aromatic N) is 2. The van der Waals surface area contributed by atoms with Gasteiger partial charge in [0.1, 0.15) is 5.82 Å². The highest BCUT2D eigenvalue weighted by Crippen LogP contribution is 2.13. The van der Waals surface area contributed by atoms with Crippen molar-refractivity contribution < 1.29 is 14.0 Å². The Labute approximate surface area is 147 Å². The van der Waals surface area contributed by atoms with E-state index < -0.39 is 0 Å². The van der Waals surface area contributed by atoms with Crippen molar-refractivity contribution in [1.82, 2.24) is 15.1 Å². The minimum Gasteiger partial charge on any atom is -0.337 e.